The van der Waals surface area contributed by atoms with Crippen LogP contribution in [-0.4, -0.2) is 11.0 Å². The van der Waals surface area contributed by atoms with E-state index in [9.17, 15) is 0 Å². The smallest absolute Gasteiger partial charge is 0.134 e. The summed E-state index contributed by atoms with van der Waals surface area (Å²) in [7, 11) is 0. The molecule has 1 aromatic heterocycles. The monoisotopic (exact) mass is 284 g/mol. The lowest BCUT2D eigenvalue weighted by Gasteiger charge is -2.13. The highest BCUT2D eigenvalue weighted by atomic mass is 16.5. The average Bonchev–Trinajstić information content (AvgIpc) is 2.48. The van der Waals surface area contributed by atoms with Crippen LogP contribution in [0.4, 0.5) is 0 Å². The van der Waals surface area contributed by atoms with E-state index in [1.807, 2.05) is 24.4 Å². The molecular weight excluding hydrogens is 260 g/mol. The lowest BCUT2D eigenvalue weighted by Crippen LogP contribution is -2.22. The van der Waals surface area contributed by atoms with E-state index in [0.717, 1.165) is 36.4 Å². The van der Waals surface area contributed by atoms with Gasteiger partial charge >= 0.3 is 0 Å². The molecule has 1 aromatic carbocycles. The van der Waals surface area contributed by atoms with Gasteiger partial charge < -0.3 is 10.1 Å². The van der Waals surface area contributed by atoms with E-state index < -0.39 is 0 Å². The van der Waals surface area contributed by atoms with Gasteiger partial charge in [0.25, 0.3) is 0 Å². The number of hydrogen-bond donors (Lipinski definition) is 1. The summed E-state index contributed by atoms with van der Waals surface area (Å²) in [4.78, 5) is 4.18. The first-order valence-electron chi connectivity index (χ1n) is 7.62. The molecule has 0 bridgehead atoms. The highest BCUT2D eigenvalue weighted by Crippen LogP contribution is 2.25. The van der Waals surface area contributed by atoms with Gasteiger partial charge in [-0.05, 0) is 30.2 Å². The Kier molecular flexibility index (Phi) is 5.76. The Morgan fingerprint density at radius 1 is 1.14 bits per heavy atom. The van der Waals surface area contributed by atoms with Crippen molar-refractivity contribution in [2.24, 2.45) is 0 Å². The number of benzene rings is 1. The van der Waals surface area contributed by atoms with E-state index in [2.05, 4.69) is 43.2 Å². The van der Waals surface area contributed by atoms with Crippen molar-refractivity contribution in [2.45, 2.75) is 46.2 Å². The van der Waals surface area contributed by atoms with E-state index in [1.165, 1.54) is 5.56 Å². The minimum atomic E-state index is 0.436. The van der Waals surface area contributed by atoms with Crippen molar-refractivity contribution in [1.29, 1.82) is 0 Å². The quantitative estimate of drug-likeness (QED) is 0.822. The summed E-state index contributed by atoms with van der Waals surface area (Å²) in [5, 5.41) is 3.39. The zero-order valence-electron chi connectivity index (χ0n) is 13.1. The summed E-state index contributed by atoms with van der Waals surface area (Å²) < 4.78 is 5.99. The summed E-state index contributed by atoms with van der Waals surface area (Å²) >= 11 is 0. The van der Waals surface area contributed by atoms with E-state index in [0.29, 0.717) is 6.04 Å². The average molecular weight is 284 g/mol. The number of nitrogens with one attached hydrogen (secondary N) is 1. The summed E-state index contributed by atoms with van der Waals surface area (Å²) in [6, 6.07) is 10.7. The fourth-order valence-electron chi connectivity index (χ4n) is 2.10. The molecule has 3 heteroatoms. The second kappa shape index (κ2) is 7.79. The van der Waals surface area contributed by atoms with Crippen LogP contribution in [0.25, 0.3) is 0 Å². The van der Waals surface area contributed by atoms with E-state index in [1.54, 1.807) is 6.20 Å². The predicted octanol–water partition coefficient (Wildman–Crippen LogP) is 4.32. The molecule has 0 aliphatic carbocycles. The van der Waals surface area contributed by atoms with Crippen LogP contribution in [0.15, 0.2) is 42.7 Å². The molecule has 21 heavy (non-hydrogen) atoms. The van der Waals surface area contributed by atoms with Gasteiger partial charge in [-0.1, -0.05) is 39.3 Å². The first-order chi connectivity index (χ1) is 10.2. The molecule has 0 saturated carbocycles. The maximum Gasteiger partial charge on any atom is 0.134 e. The number of nitrogens with zero attached hydrogens (tertiary/aromatic N) is 1. The zero-order chi connectivity index (χ0) is 15.1. The van der Waals surface area contributed by atoms with Crippen molar-refractivity contribution >= 4 is 0 Å². The van der Waals surface area contributed by atoms with Crippen molar-refractivity contribution in [3.8, 4) is 11.5 Å². The minimum Gasteiger partial charge on any atom is -0.457 e. The number of aryl methyl sites for hydroxylation is 1. The van der Waals surface area contributed by atoms with Crippen LogP contribution >= 0.6 is 0 Å². The Balaban J connectivity index is 2.08. The molecule has 0 spiro atoms. The predicted molar refractivity (Wildman–Crippen MR) is 86.7 cm³/mol. The van der Waals surface area contributed by atoms with Crippen LogP contribution < -0.4 is 10.1 Å². The fraction of sp³-hybridized carbons (Fsp3) is 0.389. The third-order valence-corrected chi connectivity index (χ3v) is 3.25. The molecule has 0 fully saturated rings. The second-order valence-electron chi connectivity index (χ2n) is 5.52. The molecule has 0 aliphatic heterocycles. The molecule has 0 aliphatic rings. The number of rotatable bonds is 7. The molecule has 1 heterocycles. The van der Waals surface area contributed by atoms with Gasteiger partial charge in [-0.15, -0.1) is 0 Å². The maximum absolute atomic E-state index is 5.99. The third kappa shape index (κ3) is 4.87. The van der Waals surface area contributed by atoms with E-state index in [4.69, 9.17) is 4.74 Å². The molecule has 0 atom stereocenters. The van der Waals surface area contributed by atoms with Gasteiger partial charge in [0, 0.05) is 30.5 Å². The van der Waals surface area contributed by atoms with Gasteiger partial charge in [0.05, 0.1) is 0 Å². The highest BCUT2D eigenvalue weighted by molar-refractivity contribution is 5.36. The van der Waals surface area contributed by atoms with Crippen LogP contribution in [-0.2, 0) is 13.0 Å². The van der Waals surface area contributed by atoms with Gasteiger partial charge in [0.15, 0.2) is 0 Å². The van der Waals surface area contributed by atoms with Crippen molar-refractivity contribution in [1.82, 2.24) is 10.3 Å². The molecule has 0 unspecified atom stereocenters. The first kappa shape index (κ1) is 15.5. The largest absolute Gasteiger partial charge is 0.457 e. The Labute approximate surface area is 127 Å². The Morgan fingerprint density at radius 2 is 1.90 bits per heavy atom. The van der Waals surface area contributed by atoms with Crippen molar-refractivity contribution in [3.05, 3.63) is 53.9 Å². The molecule has 1 N–H and O–H groups in total. The molecule has 2 aromatic rings. The molecule has 0 saturated heterocycles. The highest BCUT2D eigenvalue weighted by Gasteiger charge is 2.06. The van der Waals surface area contributed by atoms with E-state index >= 15 is 0 Å². The molecule has 3 nitrogen and oxygen atoms in total. The minimum absolute atomic E-state index is 0.436. The van der Waals surface area contributed by atoms with Gasteiger partial charge in [-0.25, -0.2) is 0 Å². The lowest BCUT2D eigenvalue weighted by molar-refractivity contribution is 0.468. The van der Waals surface area contributed by atoms with Crippen LogP contribution in [0.5, 0.6) is 11.5 Å². The van der Waals surface area contributed by atoms with Crippen molar-refractivity contribution in [3.63, 3.8) is 0 Å². The zero-order valence-corrected chi connectivity index (χ0v) is 13.1. The van der Waals surface area contributed by atoms with Gasteiger partial charge in [-0.3, -0.25) is 4.98 Å². The second-order valence-corrected chi connectivity index (χ2v) is 5.52. The van der Waals surface area contributed by atoms with E-state index in [-0.39, 0.29) is 0 Å². The lowest BCUT2D eigenvalue weighted by atomic mass is 10.1. The summed E-state index contributed by atoms with van der Waals surface area (Å²) in [5.41, 5.74) is 2.42. The maximum atomic E-state index is 5.99. The Bertz CT molecular complexity index is 549. The Hall–Kier alpha value is -1.87. The molecule has 112 valence electrons. The Morgan fingerprint density at radius 3 is 2.57 bits per heavy atom. The molecule has 2 rings (SSSR count). The topological polar surface area (TPSA) is 34.1 Å². The summed E-state index contributed by atoms with van der Waals surface area (Å²) in [5.74, 6) is 1.73. The van der Waals surface area contributed by atoms with Crippen LogP contribution in [0, 0.1) is 0 Å². The molecular formula is C18H24N2O. The van der Waals surface area contributed by atoms with Crippen molar-refractivity contribution < 1.29 is 4.74 Å². The number of hydrogen-bond acceptors (Lipinski definition) is 3. The first-order valence-corrected chi connectivity index (χ1v) is 7.62. The molecule has 0 radical (unpaired) electrons. The fourth-order valence-corrected chi connectivity index (χ4v) is 2.10. The van der Waals surface area contributed by atoms with Crippen LogP contribution in [0.1, 0.15) is 38.3 Å². The normalized spacial score (nSPS) is 10.9. The number of pyridine rings is 1. The number of ether oxygens (including phenoxy) is 1. The van der Waals surface area contributed by atoms with Crippen molar-refractivity contribution in [2.75, 3.05) is 0 Å². The summed E-state index contributed by atoms with van der Waals surface area (Å²) in [6.45, 7) is 7.21. The van der Waals surface area contributed by atoms with Crippen LogP contribution in [0.2, 0.25) is 0 Å². The van der Waals surface area contributed by atoms with Gasteiger partial charge in [0.1, 0.15) is 11.5 Å². The van der Waals surface area contributed by atoms with Gasteiger partial charge in [-0.2, -0.15) is 0 Å². The SMILES string of the molecule is CCCc1ccc(Oc2ccncc2CNC(C)C)cc1. The summed E-state index contributed by atoms with van der Waals surface area (Å²) in [6.07, 6.45) is 5.89. The van der Waals surface area contributed by atoms with Gasteiger partial charge in [0.2, 0.25) is 0 Å². The number of aromatic nitrogens is 1. The molecule has 0 amide bonds. The standard InChI is InChI=1S/C18H24N2O/c1-4-5-15-6-8-17(9-7-15)21-18-10-11-19-12-16(18)13-20-14(2)3/h6-12,14,20H,4-5,13H2,1-3H3. The third-order valence-electron chi connectivity index (χ3n) is 3.25. The van der Waals surface area contributed by atoms with Crippen LogP contribution in [0.3, 0.4) is 0 Å².